The molecular formula is C14H7BrCl3FN2O2. The first-order valence-corrected chi connectivity index (χ1v) is 7.93. The molecule has 0 bridgehead atoms. The van der Waals surface area contributed by atoms with Crippen molar-refractivity contribution in [2.75, 3.05) is 5.32 Å². The third kappa shape index (κ3) is 4.35. The molecule has 0 aliphatic carbocycles. The number of rotatable bonds is 2. The minimum absolute atomic E-state index is 0.106. The van der Waals surface area contributed by atoms with Gasteiger partial charge in [0.2, 0.25) is 0 Å². The van der Waals surface area contributed by atoms with Gasteiger partial charge in [-0.3, -0.25) is 10.1 Å². The van der Waals surface area contributed by atoms with Gasteiger partial charge >= 0.3 is 6.03 Å². The highest BCUT2D eigenvalue weighted by atomic mass is 79.9. The molecule has 0 heterocycles. The van der Waals surface area contributed by atoms with E-state index in [9.17, 15) is 14.0 Å². The maximum absolute atomic E-state index is 13.6. The Morgan fingerprint density at radius 1 is 1.04 bits per heavy atom. The largest absolute Gasteiger partial charge is 0.326 e. The Morgan fingerprint density at radius 3 is 2.22 bits per heavy atom. The standard InChI is InChI=1S/C14H7BrCl3FN2O2/c15-12-8(17)4-6(5-9(12)18)20-14(23)21-13(22)11-7(16)2-1-3-10(11)19/h1-5H,(H2,20,21,22,23). The van der Waals surface area contributed by atoms with Gasteiger partial charge in [-0.05, 0) is 40.2 Å². The fourth-order valence-electron chi connectivity index (χ4n) is 1.67. The number of hydrogen-bond donors (Lipinski definition) is 2. The van der Waals surface area contributed by atoms with Crippen LogP contribution in [0.3, 0.4) is 0 Å². The van der Waals surface area contributed by atoms with Gasteiger partial charge in [0, 0.05) is 5.69 Å². The van der Waals surface area contributed by atoms with E-state index in [2.05, 4.69) is 21.2 Å². The molecule has 9 heteroatoms. The quantitative estimate of drug-likeness (QED) is 0.605. The first-order valence-electron chi connectivity index (χ1n) is 6.00. The zero-order valence-corrected chi connectivity index (χ0v) is 14.9. The highest BCUT2D eigenvalue weighted by Crippen LogP contribution is 2.33. The number of nitrogens with one attached hydrogen (secondary N) is 2. The Kier molecular flexibility index (Phi) is 5.86. The molecular weight excluding hydrogens is 433 g/mol. The average Bonchev–Trinajstić information content (AvgIpc) is 2.44. The lowest BCUT2D eigenvalue weighted by atomic mass is 10.2. The van der Waals surface area contributed by atoms with Gasteiger partial charge in [0.1, 0.15) is 5.82 Å². The van der Waals surface area contributed by atoms with Crippen LogP contribution in [-0.2, 0) is 0 Å². The maximum atomic E-state index is 13.6. The van der Waals surface area contributed by atoms with E-state index < -0.39 is 23.3 Å². The van der Waals surface area contributed by atoms with Gasteiger partial charge in [0.05, 0.1) is 25.1 Å². The summed E-state index contributed by atoms with van der Waals surface area (Å²) in [4.78, 5) is 23.7. The predicted octanol–water partition coefficient (Wildman–Crippen LogP) is 5.51. The molecule has 0 radical (unpaired) electrons. The summed E-state index contributed by atoms with van der Waals surface area (Å²) in [5, 5.41) is 4.78. The number of hydrogen-bond acceptors (Lipinski definition) is 2. The monoisotopic (exact) mass is 438 g/mol. The van der Waals surface area contributed by atoms with Crippen LogP contribution in [0.25, 0.3) is 0 Å². The van der Waals surface area contributed by atoms with Crippen LogP contribution in [0.15, 0.2) is 34.8 Å². The Morgan fingerprint density at radius 2 is 1.65 bits per heavy atom. The van der Waals surface area contributed by atoms with E-state index >= 15 is 0 Å². The van der Waals surface area contributed by atoms with E-state index in [1.807, 2.05) is 5.32 Å². The Labute approximate surface area is 154 Å². The topological polar surface area (TPSA) is 58.2 Å². The molecule has 0 unspecified atom stereocenters. The van der Waals surface area contributed by atoms with Gasteiger partial charge in [0.15, 0.2) is 0 Å². The van der Waals surface area contributed by atoms with Crippen molar-refractivity contribution in [2.24, 2.45) is 0 Å². The minimum atomic E-state index is -0.972. The number of urea groups is 1. The molecule has 0 aromatic heterocycles. The summed E-state index contributed by atoms with van der Waals surface area (Å²) in [6.07, 6.45) is 0. The summed E-state index contributed by atoms with van der Waals surface area (Å²) in [7, 11) is 0. The first kappa shape index (κ1) is 18.0. The lowest BCUT2D eigenvalue weighted by molar-refractivity contribution is 0.0963. The van der Waals surface area contributed by atoms with Crippen molar-refractivity contribution in [3.63, 3.8) is 0 Å². The molecule has 2 rings (SSSR count). The smallest absolute Gasteiger partial charge is 0.308 e. The van der Waals surface area contributed by atoms with Crippen molar-refractivity contribution in [1.29, 1.82) is 0 Å². The second kappa shape index (κ2) is 7.49. The zero-order chi connectivity index (χ0) is 17.1. The summed E-state index contributed by atoms with van der Waals surface area (Å²) in [5.41, 5.74) is -0.163. The summed E-state index contributed by atoms with van der Waals surface area (Å²) in [5.74, 6) is -1.81. The van der Waals surface area contributed by atoms with Crippen LogP contribution >= 0.6 is 50.7 Å². The average molecular weight is 440 g/mol. The van der Waals surface area contributed by atoms with Crippen LogP contribution in [0.2, 0.25) is 15.1 Å². The van der Waals surface area contributed by atoms with Gasteiger partial charge in [0.25, 0.3) is 5.91 Å². The molecule has 0 fully saturated rings. The van der Waals surface area contributed by atoms with Crippen molar-refractivity contribution in [3.8, 4) is 0 Å². The van der Waals surface area contributed by atoms with Crippen molar-refractivity contribution >= 4 is 68.4 Å². The maximum Gasteiger partial charge on any atom is 0.326 e. The molecule has 2 aromatic carbocycles. The van der Waals surface area contributed by atoms with E-state index in [0.29, 0.717) is 4.47 Å². The summed E-state index contributed by atoms with van der Waals surface area (Å²) >= 11 is 20.7. The van der Waals surface area contributed by atoms with Crippen LogP contribution in [0.4, 0.5) is 14.9 Å². The third-order valence-corrected chi connectivity index (χ3v) is 4.88. The van der Waals surface area contributed by atoms with Gasteiger partial charge in [-0.2, -0.15) is 0 Å². The second-order valence-corrected chi connectivity index (χ2v) is 6.27. The molecule has 2 aromatic rings. The number of anilines is 1. The lowest BCUT2D eigenvalue weighted by Gasteiger charge is -2.10. The summed E-state index contributed by atoms with van der Waals surface area (Å²) in [6.45, 7) is 0. The predicted molar refractivity (Wildman–Crippen MR) is 92.1 cm³/mol. The number of carbonyl (C=O) groups excluding carboxylic acids is 2. The Balaban J connectivity index is 2.12. The van der Waals surface area contributed by atoms with E-state index in [-0.39, 0.29) is 20.8 Å². The summed E-state index contributed by atoms with van der Waals surface area (Å²) < 4.78 is 14.1. The molecule has 4 nitrogen and oxygen atoms in total. The van der Waals surface area contributed by atoms with Crippen LogP contribution in [-0.4, -0.2) is 11.9 Å². The van der Waals surface area contributed by atoms with Crippen LogP contribution in [0.5, 0.6) is 0 Å². The van der Waals surface area contributed by atoms with Crippen LogP contribution < -0.4 is 10.6 Å². The second-order valence-electron chi connectivity index (χ2n) is 4.26. The van der Waals surface area contributed by atoms with Crippen molar-refractivity contribution < 1.29 is 14.0 Å². The van der Waals surface area contributed by atoms with Gasteiger partial charge in [-0.1, -0.05) is 40.9 Å². The number of benzene rings is 2. The van der Waals surface area contributed by atoms with Crippen LogP contribution in [0, 0.1) is 5.82 Å². The van der Waals surface area contributed by atoms with Gasteiger partial charge in [-0.25, -0.2) is 9.18 Å². The molecule has 0 atom stereocenters. The van der Waals surface area contributed by atoms with E-state index in [0.717, 1.165) is 6.07 Å². The molecule has 0 spiro atoms. The van der Waals surface area contributed by atoms with Crippen molar-refractivity contribution in [2.45, 2.75) is 0 Å². The van der Waals surface area contributed by atoms with Crippen molar-refractivity contribution in [1.82, 2.24) is 5.32 Å². The molecule has 0 aliphatic heterocycles. The first-order chi connectivity index (χ1) is 10.8. The Hall–Kier alpha value is -1.34. The molecule has 120 valence electrons. The van der Waals surface area contributed by atoms with E-state index in [1.165, 1.54) is 24.3 Å². The number of halogens is 5. The van der Waals surface area contributed by atoms with Crippen molar-refractivity contribution in [3.05, 3.63) is 61.3 Å². The normalized spacial score (nSPS) is 10.3. The molecule has 3 amide bonds. The zero-order valence-electron chi connectivity index (χ0n) is 11.1. The highest BCUT2D eigenvalue weighted by molar-refractivity contribution is 9.10. The minimum Gasteiger partial charge on any atom is -0.308 e. The molecule has 23 heavy (non-hydrogen) atoms. The van der Waals surface area contributed by atoms with E-state index in [1.54, 1.807) is 0 Å². The molecule has 0 aliphatic rings. The molecule has 2 N–H and O–H groups in total. The number of carbonyl (C=O) groups is 2. The summed E-state index contributed by atoms with van der Waals surface area (Å²) in [6, 6.07) is 5.72. The fraction of sp³-hybridized carbons (Fsp3) is 0. The Bertz CT molecular complexity index is 758. The fourth-order valence-corrected chi connectivity index (χ4v) is 2.64. The van der Waals surface area contributed by atoms with Crippen LogP contribution in [0.1, 0.15) is 10.4 Å². The molecule has 0 saturated heterocycles. The van der Waals surface area contributed by atoms with E-state index in [4.69, 9.17) is 34.8 Å². The number of imide groups is 1. The third-order valence-electron chi connectivity index (χ3n) is 2.66. The number of amides is 3. The SMILES string of the molecule is O=C(NC(=O)c1c(F)cccc1Cl)Nc1cc(Cl)c(Br)c(Cl)c1. The highest BCUT2D eigenvalue weighted by Gasteiger charge is 2.18. The molecule has 0 saturated carbocycles. The lowest BCUT2D eigenvalue weighted by Crippen LogP contribution is -2.35. The van der Waals surface area contributed by atoms with Gasteiger partial charge in [-0.15, -0.1) is 0 Å². The van der Waals surface area contributed by atoms with Gasteiger partial charge < -0.3 is 5.32 Å².